The van der Waals surface area contributed by atoms with Crippen LogP contribution in [0.2, 0.25) is 0 Å². The van der Waals surface area contributed by atoms with Crippen molar-refractivity contribution in [2.45, 2.75) is 24.3 Å². The lowest BCUT2D eigenvalue weighted by Crippen LogP contribution is -2.28. The summed E-state index contributed by atoms with van der Waals surface area (Å²) in [7, 11) is -3.73. The lowest BCUT2D eigenvalue weighted by atomic mass is 10.2. The molecule has 1 fully saturated rings. The Morgan fingerprint density at radius 3 is 2.43 bits per heavy atom. The van der Waals surface area contributed by atoms with Crippen molar-refractivity contribution in [1.82, 2.24) is 4.72 Å². The summed E-state index contributed by atoms with van der Waals surface area (Å²) in [4.78, 5) is 25.6. The second-order valence-electron chi connectivity index (χ2n) is 6.22. The summed E-state index contributed by atoms with van der Waals surface area (Å²) in [6.45, 7) is 0.151. The van der Waals surface area contributed by atoms with Gasteiger partial charge in [-0.3, -0.25) is 14.5 Å². The number of amides is 2. The molecule has 0 radical (unpaired) electrons. The molecule has 1 aromatic carbocycles. The second kappa shape index (κ2) is 7.34. The number of furan rings is 1. The zero-order valence-electron chi connectivity index (χ0n) is 14.6. The van der Waals surface area contributed by atoms with E-state index in [1.807, 2.05) is 17.5 Å². The highest BCUT2D eigenvalue weighted by Gasteiger charge is 2.30. The van der Waals surface area contributed by atoms with E-state index in [2.05, 4.69) is 4.72 Å². The molecule has 144 valence electrons. The van der Waals surface area contributed by atoms with Gasteiger partial charge in [-0.05, 0) is 42.5 Å². The number of benzene rings is 1. The molecule has 7 nitrogen and oxygen atoms in total. The summed E-state index contributed by atoms with van der Waals surface area (Å²) in [5, 5.41) is 1.90. The Labute approximate surface area is 165 Å². The standard InChI is InChI=1S/C19H16N2O5S2/c22-18-7-8-19(23)21(18)14-3-5-16(6-4-14)28(24,25)20-11-15-10-13(12-27-15)17-2-1-9-26-17/h1-6,9-10,12,20H,7-8,11H2. The lowest BCUT2D eigenvalue weighted by Gasteiger charge is -2.14. The van der Waals surface area contributed by atoms with Crippen molar-refractivity contribution in [2.75, 3.05) is 4.90 Å². The van der Waals surface area contributed by atoms with E-state index in [1.165, 1.54) is 35.6 Å². The minimum Gasteiger partial charge on any atom is -0.464 e. The first-order chi connectivity index (χ1) is 13.4. The summed E-state index contributed by atoms with van der Waals surface area (Å²) < 4.78 is 33.0. The highest BCUT2D eigenvalue weighted by Crippen LogP contribution is 2.27. The number of sulfonamides is 1. The van der Waals surface area contributed by atoms with Crippen molar-refractivity contribution in [2.24, 2.45) is 0 Å². The van der Waals surface area contributed by atoms with Gasteiger partial charge in [0.05, 0.1) is 16.8 Å². The topological polar surface area (TPSA) is 96.7 Å². The number of carbonyl (C=O) groups is 2. The molecule has 4 rings (SSSR count). The first-order valence-corrected chi connectivity index (χ1v) is 10.9. The average molecular weight is 416 g/mol. The van der Waals surface area contributed by atoms with Gasteiger partial charge in [0.2, 0.25) is 21.8 Å². The van der Waals surface area contributed by atoms with Crippen LogP contribution in [0.15, 0.2) is 63.4 Å². The van der Waals surface area contributed by atoms with Crippen molar-refractivity contribution >= 4 is 38.9 Å². The molecule has 1 aliphatic rings. The molecule has 2 aromatic heterocycles. The number of nitrogens with one attached hydrogen (secondary N) is 1. The molecule has 0 unspecified atom stereocenters. The smallest absolute Gasteiger partial charge is 0.240 e. The zero-order chi connectivity index (χ0) is 19.7. The Morgan fingerprint density at radius 1 is 1.07 bits per heavy atom. The molecule has 0 atom stereocenters. The third kappa shape index (κ3) is 3.64. The maximum atomic E-state index is 12.5. The first-order valence-electron chi connectivity index (χ1n) is 8.51. The molecule has 0 bridgehead atoms. The molecule has 1 saturated heterocycles. The minimum absolute atomic E-state index is 0.0677. The second-order valence-corrected chi connectivity index (χ2v) is 8.98. The minimum atomic E-state index is -3.73. The van der Waals surface area contributed by atoms with E-state index in [1.54, 1.807) is 12.3 Å². The molecule has 9 heteroatoms. The number of hydrogen-bond acceptors (Lipinski definition) is 6. The Balaban J connectivity index is 1.45. The predicted octanol–water partition coefficient (Wildman–Crippen LogP) is 3.14. The summed E-state index contributed by atoms with van der Waals surface area (Å²) in [6, 6.07) is 11.2. The van der Waals surface area contributed by atoms with Gasteiger partial charge in [0.1, 0.15) is 5.76 Å². The molecule has 1 aliphatic heterocycles. The van der Waals surface area contributed by atoms with Crippen LogP contribution in [0.5, 0.6) is 0 Å². The van der Waals surface area contributed by atoms with Gasteiger partial charge in [-0.1, -0.05) is 0 Å². The van der Waals surface area contributed by atoms with Crippen LogP contribution in [-0.4, -0.2) is 20.2 Å². The fourth-order valence-corrected chi connectivity index (χ4v) is 4.84. The molecule has 0 spiro atoms. The van der Waals surface area contributed by atoms with Crippen molar-refractivity contribution in [3.05, 3.63) is 59.0 Å². The molecule has 28 heavy (non-hydrogen) atoms. The van der Waals surface area contributed by atoms with Crippen molar-refractivity contribution < 1.29 is 22.4 Å². The number of thiophene rings is 1. The van der Waals surface area contributed by atoms with E-state index in [4.69, 9.17) is 4.42 Å². The van der Waals surface area contributed by atoms with Crippen LogP contribution in [0, 0.1) is 0 Å². The molecule has 0 aliphatic carbocycles. The summed E-state index contributed by atoms with van der Waals surface area (Å²) in [5.74, 6) is 0.180. The maximum Gasteiger partial charge on any atom is 0.240 e. The van der Waals surface area contributed by atoms with Gasteiger partial charge in [0, 0.05) is 35.2 Å². The van der Waals surface area contributed by atoms with E-state index < -0.39 is 10.0 Å². The molecule has 2 amide bonds. The van der Waals surface area contributed by atoms with Crippen LogP contribution >= 0.6 is 11.3 Å². The van der Waals surface area contributed by atoms with Crippen LogP contribution in [0.1, 0.15) is 17.7 Å². The maximum absolute atomic E-state index is 12.5. The van der Waals surface area contributed by atoms with Crippen LogP contribution in [-0.2, 0) is 26.2 Å². The van der Waals surface area contributed by atoms with Crippen molar-refractivity contribution in [3.8, 4) is 11.3 Å². The monoisotopic (exact) mass is 416 g/mol. The molecule has 3 aromatic rings. The van der Waals surface area contributed by atoms with E-state index in [9.17, 15) is 18.0 Å². The number of hydrogen-bond donors (Lipinski definition) is 1. The van der Waals surface area contributed by atoms with Gasteiger partial charge in [-0.2, -0.15) is 0 Å². The number of carbonyl (C=O) groups excluding carboxylic acids is 2. The Hall–Kier alpha value is -2.75. The summed E-state index contributed by atoms with van der Waals surface area (Å²) >= 11 is 1.43. The van der Waals surface area contributed by atoms with E-state index in [0.29, 0.717) is 5.69 Å². The Bertz CT molecular complexity index is 1100. The number of imide groups is 1. The lowest BCUT2D eigenvalue weighted by molar-refractivity contribution is -0.121. The van der Waals surface area contributed by atoms with E-state index >= 15 is 0 Å². The van der Waals surface area contributed by atoms with Crippen LogP contribution in [0.25, 0.3) is 11.3 Å². The predicted molar refractivity (Wildman–Crippen MR) is 104 cm³/mol. The van der Waals surface area contributed by atoms with Crippen LogP contribution < -0.4 is 9.62 Å². The zero-order valence-corrected chi connectivity index (χ0v) is 16.3. The van der Waals surface area contributed by atoms with E-state index in [0.717, 1.165) is 21.1 Å². The fraction of sp³-hybridized carbons (Fsp3) is 0.158. The Morgan fingerprint density at radius 2 is 1.79 bits per heavy atom. The summed E-state index contributed by atoms with van der Waals surface area (Å²) in [5.41, 5.74) is 1.28. The number of nitrogens with zero attached hydrogens (tertiary/aromatic N) is 1. The molecular formula is C19H16N2O5S2. The normalized spacial score (nSPS) is 14.8. The number of anilines is 1. The van der Waals surface area contributed by atoms with Crippen molar-refractivity contribution in [3.63, 3.8) is 0 Å². The summed E-state index contributed by atoms with van der Waals surface area (Å²) in [6.07, 6.45) is 1.95. The van der Waals surface area contributed by atoms with Crippen molar-refractivity contribution in [1.29, 1.82) is 0 Å². The quantitative estimate of drug-likeness (QED) is 0.623. The van der Waals surface area contributed by atoms with Gasteiger partial charge < -0.3 is 4.42 Å². The van der Waals surface area contributed by atoms with Crippen LogP contribution in [0.4, 0.5) is 5.69 Å². The molecular weight excluding hydrogens is 400 g/mol. The highest BCUT2D eigenvalue weighted by molar-refractivity contribution is 7.89. The largest absolute Gasteiger partial charge is 0.464 e. The fourth-order valence-electron chi connectivity index (χ4n) is 2.93. The number of rotatable bonds is 6. The van der Waals surface area contributed by atoms with Gasteiger partial charge >= 0.3 is 0 Å². The first kappa shape index (κ1) is 18.6. The molecule has 0 saturated carbocycles. The van der Waals surface area contributed by atoms with Gasteiger partial charge in [-0.25, -0.2) is 13.1 Å². The van der Waals surface area contributed by atoms with Gasteiger partial charge in [0.15, 0.2) is 0 Å². The SMILES string of the molecule is O=C1CCC(=O)N1c1ccc(S(=O)(=O)NCc2cc(-c3ccco3)cs2)cc1. The highest BCUT2D eigenvalue weighted by atomic mass is 32.2. The van der Waals surface area contributed by atoms with E-state index in [-0.39, 0.29) is 36.1 Å². The third-order valence-corrected chi connectivity index (χ3v) is 6.71. The average Bonchev–Trinajstić information content (AvgIpc) is 3.42. The third-order valence-electron chi connectivity index (χ3n) is 4.35. The molecule has 3 heterocycles. The van der Waals surface area contributed by atoms with Gasteiger partial charge in [-0.15, -0.1) is 11.3 Å². The molecule has 1 N–H and O–H groups in total. The van der Waals surface area contributed by atoms with Crippen LogP contribution in [0.3, 0.4) is 0 Å². The van der Waals surface area contributed by atoms with Gasteiger partial charge in [0.25, 0.3) is 0 Å². The Kier molecular flexibility index (Phi) is 4.88.